The largest absolute Gasteiger partial charge is 0.497 e. The molecule has 3 aromatic carbocycles. The maximum Gasteiger partial charge on any atom is 0.241 e. The second kappa shape index (κ2) is 11.6. The summed E-state index contributed by atoms with van der Waals surface area (Å²) >= 11 is 0. The van der Waals surface area contributed by atoms with E-state index in [1.807, 2.05) is 42.5 Å². The molecule has 3 aromatic rings. The van der Waals surface area contributed by atoms with Gasteiger partial charge in [0.05, 0.1) is 12.0 Å². The van der Waals surface area contributed by atoms with Crippen molar-refractivity contribution in [3.8, 4) is 5.75 Å². The number of nitrogens with zero attached hydrogens (tertiary/aromatic N) is 1. The lowest BCUT2D eigenvalue weighted by atomic mass is 10.1. The van der Waals surface area contributed by atoms with Gasteiger partial charge in [-0.05, 0) is 59.9 Å². The molecule has 1 aliphatic rings. The van der Waals surface area contributed by atoms with E-state index in [1.54, 1.807) is 43.2 Å². The van der Waals surface area contributed by atoms with Gasteiger partial charge in [-0.1, -0.05) is 49.4 Å². The highest BCUT2D eigenvalue weighted by molar-refractivity contribution is 7.89. The van der Waals surface area contributed by atoms with Crippen LogP contribution in [0.15, 0.2) is 77.7 Å². The Bertz CT molecular complexity index is 1360. The lowest BCUT2D eigenvalue weighted by Crippen LogP contribution is -2.47. The second-order valence-corrected chi connectivity index (χ2v) is 10.6. The van der Waals surface area contributed by atoms with Crippen LogP contribution in [0.3, 0.4) is 0 Å². The minimum absolute atomic E-state index is 0.00365. The van der Waals surface area contributed by atoms with Gasteiger partial charge in [0.1, 0.15) is 11.8 Å². The molecule has 0 saturated heterocycles. The molecule has 0 saturated carbocycles. The topological polar surface area (TPSA) is 105 Å². The van der Waals surface area contributed by atoms with Crippen molar-refractivity contribution in [1.29, 1.82) is 0 Å². The first-order chi connectivity index (χ1) is 17.8. The van der Waals surface area contributed by atoms with Crippen molar-refractivity contribution in [2.24, 2.45) is 0 Å². The first kappa shape index (κ1) is 26.4. The predicted molar refractivity (Wildman–Crippen MR) is 142 cm³/mol. The summed E-state index contributed by atoms with van der Waals surface area (Å²) in [6.07, 6.45) is 1.16. The number of hydrogen-bond acceptors (Lipinski definition) is 5. The molecule has 0 fully saturated rings. The van der Waals surface area contributed by atoms with E-state index in [-0.39, 0.29) is 23.8 Å². The Morgan fingerprint density at radius 1 is 1.00 bits per heavy atom. The zero-order valence-corrected chi connectivity index (χ0v) is 21.8. The first-order valence-electron chi connectivity index (χ1n) is 12.2. The van der Waals surface area contributed by atoms with Crippen LogP contribution in [-0.2, 0) is 39.0 Å². The smallest absolute Gasteiger partial charge is 0.241 e. The molecule has 1 aliphatic heterocycles. The third-order valence-corrected chi connectivity index (χ3v) is 7.85. The molecule has 0 spiro atoms. The van der Waals surface area contributed by atoms with E-state index in [9.17, 15) is 18.0 Å². The van der Waals surface area contributed by atoms with Gasteiger partial charge < -0.3 is 15.0 Å². The Kier molecular flexibility index (Phi) is 8.25. The molecular formula is C28H31N3O5S. The number of hydrogen-bond donors (Lipinski definition) is 2. The zero-order chi connectivity index (χ0) is 26.4. The maximum atomic E-state index is 13.4. The molecule has 8 nitrogen and oxygen atoms in total. The van der Waals surface area contributed by atoms with E-state index in [4.69, 9.17) is 4.74 Å². The van der Waals surface area contributed by atoms with Crippen molar-refractivity contribution in [2.45, 2.75) is 43.7 Å². The van der Waals surface area contributed by atoms with Crippen molar-refractivity contribution in [2.75, 3.05) is 18.6 Å². The van der Waals surface area contributed by atoms with Gasteiger partial charge in [0.25, 0.3) is 0 Å². The predicted octanol–water partition coefficient (Wildman–Crippen LogP) is 3.20. The molecule has 9 heteroatoms. The molecule has 0 aromatic heterocycles. The van der Waals surface area contributed by atoms with E-state index in [2.05, 4.69) is 10.0 Å². The van der Waals surface area contributed by atoms with Crippen LogP contribution in [0.4, 0.5) is 5.69 Å². The Balaban J connectivity index is 1.52. The van der Waals surface area contributed by atoms with Gasteiger partial charge in [-0.2, -0.15) is 4.72 Å². The summed E-state index contributed by atoms with van der Waals surface area (Å²) in [6, 6.07) is 20.3. The highest BCUT2D eigenvalue weighted by Gasteiger charge is 2.29. The fourth-order valence-corrected chi connectivity index (χ4v) is 5.59. The minimum atomic E-state index is -4.01. The molecule has 194 valence electrons. The van der Waals surface area contributed by atoms with Crippen LogP contribution in [0.25, 0.3) is 0 Å². The lowest BCUT2D eigenvalue weighted by molar-refractivity contribution is -0.123. The molecular weight excluding hydrogens is 490 g/mol. The van der Waals surface area contributed by atoms with Crippen molar-refractivity contribution < 1.29 is 22.7 Å². The summed E-state index contributed by atoms with van der Waals surface area (Å²) in [5, 5.41) is 2.85. The van der Waals surface area contributed by atoms with Gasteiger partial charge in [-0.3, -0.25) is 9.59 Å². The number of carbonyl (C=O) groups excluding carboxylic acids is 2. The van der Waals surface area contributed by atoms with E-state index >= 15 is 0 Å². The van der Waals surface area contributed by atoms with Crippen LogP contribution in [0.1, 0.15) is 30.0 Å². The number of amides is 2. The quantitative estimate of drug-likeness (QED) is 0.426. The summed E-state index contributed by atoms with van der Waals surface area (Å²) < 4.78 is 34.5. The average Bonchev–Trinajstić information content (AvgIpc) is 3.35. The number of fused-ring (bicyclic) bond motifs is 1. The lowest BCUT2D eigenvalue weighted by Gasteiger charge is -2.20. The van der Waals surface area contributed by atoms with E-state index in [0.29, 0.717) is 25.1 Å². The van der Waals surface area contributed by atoms with Crippen molar-refractivity contribution in [3.05, 3.63) is 89.5 Å². The summed E-state index contributed by atoms with van der Waals surface area (Å²) in [6.45, 7) is 2.58. The zero-order valence-electron chi connectivity index (χ0n) is 20.9. The van der Waals surface area contributed by atoms with Crippen LogP contribution in [0, 0.1) is 0 Å². The second-order valence-electron chi connectivity index (χ2n) is 8.87. The minimum Gasteiger partial charge on any atom is -0.497 e. The molecule has 1 heterocycles. The monoisotopic (exact) mass is 521 g/mol. The molecule has 4 rings (SSSR count). The number of rotatable bonds is 10. The average molecular weight is 522 g/mol. The number of nitrogens with one attached hydrogen (secondary N) is 2. The number of ether oxygens (including phenoxy) is 1. The first-order valence-corrected chi connectivity index (χ1v) is 13.7. The fourth-order valence-electron chi connectivity index (χ4n) is 4.34. The maximum absolute atomic E-state index is 13.4. The van der Waals surface area contributed by atoms with Gasteiger partial charge >= 0.3 is 0 Å². The molecule has 2 N–H and O–H groups in total. The third kappa shape index (κ3) is 6.36. The summed E-state index contributed by atoms with van der Waals surface area (Å²) in [7, 11) is -2.43. The molecule has 0 bridgehead atoms. The standard InChI is InChI=1S/C28H31N3O5S/c1-3-27(32)31-16-15-22-18-24(13-14-26(22)31)37(34,35)30-25(17-20-7-5-4-6-8-20)28(33)29-19-21-9-11-23(36-2)12-10-21/h4-14,18,25,30H,3,15-17,19H2,1-2H3,(H,29,33)/t25-/m1/s1. The Morgan fingerprint density at radius 3 is 2.41 bits per heavy atom. The van der Waals surface area contributed by atoms with E-state index in [0.717, 1.165) is 22.4 Å². The molecule has 1 atom stereocenters. The van der Waals surface area contributed by atoms with Gasteiger partial charge in [-0.15, -0.1) is 0 Å². The van der Waals surface area contributed by atoms with Gasteiger partial charge in [0.15, 0.2) is 0 Å². The van der Waals surface area contributed by atoms with E-state index in [1.165, 1.54) is 6.07 Å². The third-order valence-electron chi connectivity index (χ3n) is 6.38. The number of carbonyl (C=O) groups is 2. The highest BCUT2D eigenvalue weighted by atomic mass is 32.2. The van der Waals surface area contributed by atoms with Crippen molar-refractivity contribution in [3.63, 3.8) is 0 Å². The summed E-state index contributed by atoms with van der Waals surface area (Å²) in [4.78, 5) is 27.1. The van der Waals surface area contributed by atoms with Crippen molar-refractivity contribution in [1.82, 2.24) is 10.0 Å². The normalized spacial score (nSPS) is 13.6. The number of methoxy groups -OCH3 is 1. The van der Waals surface area contributed by atoms with Crippen LogP contribution in [-0.4, -0.2) is 39.9 Å². The van der Waals surface area contributed by atoms with Gasteiger partial charge in [-0.25, -0.2) is 8.42 Å². The summed E-state index contributed by atoms with van der Waals surface area (Å²) in [5.74, 6) is 0.286. The highest BCUT2D eigenvalue weighted by Crippen LogP contribution is 2.30. The van der Waals surface area contributed by atoms with Gasteiger partial charge in [0.2, 0.25) is 21.8 Å². The van der Waals surface area contributed by atoms with Crippen molar-refractivity contribution >= 4 is 27.5 Å². The summed E-state index contributed by atoms with van der Waals surface area (Å²) in [5.41, 5.74) is 3.23. The molecule has 2 amide bonds. The van der Waals surface area contributed by atoms with Crippen LogP contribution in [0.5, 0.6) is 5.75 Å². The Morgan fingerprint density at radius 2 is 1.73 bits per heavy atom. The molecule has 0 aliphatic carbocycles. The van der Waals surface area contributed by atoms with E-state index < -0.39 is 22.0 Å². The molecule has 0 unspecified atom stereocenters. The Hall–Kier alpha value is -3.69. The molecule has 0 radical (unpaired) electrons. The van der Waals surface area contributed by atoms with Gasteiger partial charge in [0, 0.05) is 25.2 Å². The fraction of sp³-hybridized carbons (Fsp3) is 0.286. The number of sulfonamides is 1. The van der Waals surface area contributed by atoms with Crippen LogP contribution in [0.2, 0.25) is 0 Å². The number of anilines is 1. The van der Waals surface area contributed by atoms with Crippen LogP contribution >= 0.6 is 0 Å². The Labute approximate surface area is 217 Å². The van der Waals surface area contributed by atoms with Crippen LogP contribution < -0.4 is 19.7 Å². The molecule has 37 heavy (non-hydrogen) atoms. The number of benzene rings is 3. The SMILES string of the molecule is CCC(=O)N1CCc2cc(S(=O)(=O)N[C@H](Cc3ccccc3)C(=O)NCc3ccc(OC)cc3)ccc21.